The van der Waals surface area contributed by atoms with Gasteiger partial charge in [0.25, 0.3) is 0 Å². The van der Waals surface area contributed by atoms with Crippen molar-refractivity contribution in [2.75, 3.05) is 17.8 Å². The smallest absolute Gasteiger partial charge is 0.0775 e. The number of hydrogen-bond donors (Lipinski definition) is 2. The lowest BCUT2D eigenvalue weighted by Gasteiger charge is -2.18. The SMILES string of the molecule is CC.CC.Cc1ccc(C)c(N(C)N)c1N. The van der Waals surface area contributed by atoms with Gasteiger partial charge in [-0.05, 0) is 25.0 Å². The van der Waals surface area contributed by atoms with Crippen LogP contribution in [0.15, 0.2) is 12.1 Å². The average Bonchev–Trinajstić information content (AvgIpc) is 2.29. The minimum absolute atomic E-state index is 0.764. The summed E-state index contributed by atoms with van der Waals surface area (Å²) in [6.07, 6.45) is 0. The first kappa shape index (κ1) is 17.2. The molecule has 0 aliphatic carbocycles. The molecule has 0 spiro atoms. The first-order chi connectivity index (χ1) is 7.54. The highest BCUT2D eigenvalue weighted by molar-refractivity contribution is 5.73. The van der Waals surface area contributed by atoms with Gasteiger partial charge in [-0.2, -0.15) is 0 Å². The van der Waals surface area contributed by atoms with E-state index in [9.17, 15) is 0 Å². The molecule has 0 saturated carbocycles. The van der Waals surface area contributed by atoms with Gasteiger partial charge in [-0.1, -0.05) is 39.8 Å². The minimum Gasteiger partial charge on any atom is -0.397 e. The molecule has 0 amide bonds. The largest absolute Gasteiger partial charge is 0.397 e. The third-order valence-corrected chi connectivity index (χ3v) is 1.99. The number of nitrogens with zero attached hydrogens (tertiary/aromatic N) is 1. The molecule has 0 bridgehead atoms. The molecule has 1 aromatic carbocycles. The maximum absolute atomic E-state index is 5.86. The van der Waals surface area contributed by atoms with Crippen molar-refractivity contribution in [2.45, 2.75) is 41.5 Å². The molecule has 0 unspecified atom stereocenters. The Morgan fingerprint density at radius 1 is 0.938 bits per heavy atom. The summed E-state index contributed by atoms with van der Waals surface area (Å²) in [6, 6.07) is 4.02. The number of anilines is 2. The van der Waals surface area contributed by atoms with Crippen LogP contribution in [0.25, 0.3) is 0 Å². The highest BCUT2D eigenvalue weighted by atomic mass is 15.4. The van der Waals surface area contributed by atoms with Crippen molar-refractivity contribution in [3.05, 3.63) is 23.3 Å². The predicted octanol–water partition coefficient (Wildman–Crippen LogP) is 3.25. The number of aryl methyl sites for hydroxylation is 2. The Morgan fingerprint density at radius 3 is 1.62 bits per heavy atom. The van der Waals surface area contributed by atoms with Gasteiger partial charge in [0, 0.05) is 7.05 Å². The Morgan fingerprint density at radius 2 is 1.31 bits per heavy atom. The van der Waals surface area contributed by atoms with Crippen LogP contribution in [0.1, 0.15) is 38.8 Å². The molecule has 4 N–H and O–H groups in total. The quantitative estimate of drug-likeness (QED) is 0.438. The second-order valence-electron chi connectivity index (χ2n) is 3.07. The molecule has 0 saturated heterocycles. The van der Waals surface area contributed by atoms with E-state index in [1.807, 2.05) is 53.7 Å². The van der Waals surface area contributed by atoms with E-state index < -0.39 is 0 Å². The molecule has 0 fully saturated rings. The van der Waals surface area contributed by atoms with E-state index in [4.69, 9.17) is 11.6 Å². The standard InChI is InChI=1S/C9H15N3.2C2H6/c1-6-4-5-7(2)9(8(6)10)12(3)11;2*1-2/h4-5H,10-11H2,1-3H3;2*1-2H3. The van der Waals surface area contributed by atoms with Crippen LogP contribution < -0.4 is 16.6 Å². The van der Waals surface area contributed by atoms with Crippen molar-refractivity contribution in [2.24, 2.45) is 5.84 Å². The number of benzene rings is 1. The van der Waals surface area contributed by atoms with E-state index >= 15 is 0 Å². The number of nitrogens with two attached hydrogens (primary N) is 2. The lowest BCUT2D eigenvalue weighted by Crippen LogP contribution is -2.27. The monoisotopic (exact) mass is 225 g/mol. The second kappa shape index (κ2) is 9.04. The summed E-state index contributed by atoms with van der Waals surface area (Å²) in [5, 5.41) is 1.55. The van der Waals surface area contributed by atoms with Crippen molar-refractivity contribution in [1.82, 2.24) is 0 Å². The summed E-state index contributed by atoms with van der Waals surface area (Å²) in [5.41, 5.74) is 9.70. The van der Waals surface area contributed by atoms with E-state index in [0.717, 1.165) is 22.5 Å². The van der Waals surface area contributed by atoms with Gasteiger partial charge in [0.1, 0.15) is 0 Å². The summed E-state index contributed by atoms with van der Waals surface area (Å²) in [6.45, 7) is 12.0. The number of rotatable bonds is 1. The molecule has 3 nitrogen and oxygen atoms in total. The van der Waals surface area contributed by atoms with Crippen LogP contribution in [0, 0.1) is 13.8 Å². The molecular weight excluding hydrogens is 198 g/mol. The Kier molecular flexibility index (Phi) is 9.71. The van der Waals surface area contributed by atoms with Crippen molar-refractivity contribution in [1.29, 1.82) is 0 Å². The van der Waals surface area contributed by atoms with Gasteiger partial charge in [0.2, 0.25) is 0 Å². The van der Waals surface area contributed by atoms with Crippen LogP contribution >= 0.6 is 0 Å². The van der Waals surface area contributed by atoms with Crippen LogP contribution in [0.3, 0.4) is 0 Å². The summed E-state index contributed by atoms with van der Waals surface area (Å²) in [7, 11) is 1.79. The van der Waals surface area contributed by atoms with Crippen molar-refractivity contribution in [3.8, 4) is 0 Å². The van der Waals surface area contributed by atoms with Crippen molar-refractivity contribution in [3.63, 3.8) is 0 Å². The highest BCUT2D eigenvalue weighted by Crippen LogP contribution is 2.27. The lowest BCUT2D eigenvalue weighted by molar-refractivity contribution is 1.01. The molecule has 1 rings (SSSR count). The normalized spacial score (nSPS) is 8.25. The van der Waals surface area contributed by atoms with Gasteiger partial charge in [0.05, 0.1) is 11.4 Å². The minimum atomic E-state index is 0.764. The summed E-state index contributed by atoms with van der Waals surface area (Å²) in [4.78, 5) is 0. The van der Waals surface area contributed by atoms with Crippen LogP contribution in [0.5, 0.6) is 0 Å². The van der Waals surface area contributed by atoms with Crippen LogP contribution in [0.2, 0.25) is 0 Å². The van der Waals surface area contributed by atoms with Crippen molar-refractivity contribution >= 4 is 11.4 Å². The molecular formula is C13H27N3. The average molecular weight is 225 g/mol. The van der Waals surface area contributed by atoms with E-state index in [1.54, 1.807) is 12.1 Å². The fourth-order valence-electron chi connectivity index (χ4n) is 1.29. The Bertz CT molecular complexity index is 293. The maximum Gasteiger partial charge on any atom is 0.0775 e. The van der Waals surface area contributed by atoms with Crippen molar-refractivity contribution < 1.29 is 0 Å². The lowest BCUT2D eigenvalue weighted by atomic mass is 10.1. The number of nitrogen functional groups attached to an aromatic ring is 1. The van der Waals surface area contributed by atoms with E-state index in [0.29, 0.717) is 0 Å². The molecule has 0 heterocycles. The predicted molar refractivity (Wildman–Crippen MR) is 75.6 cm³/mol. The fraction of sp³-hybridized carbons (Fsp3) is 0.538. The third kappa shape index (κ3) is 4.53. The van der Waals surface area contributed by atoms with Gasteiger partial charge in [-0.3, -0.25) is 0 Å². The number of hydrazine groups is 1. The number of hydrogen-bond acceptors (Lipinski definition) is 3. The van der Waals surface area contributed by atoms with Gasteiger partial charge in [-0.15, -0.1) is 0 Å². The molecule has 1 aromatic rings. The Labute approximate surface area is 100 Å². The van der Waals surface area contributed by atoms with E-state index in [2.05, 4.69) is 0 Å². The van der Waals surface area contributed by atoms with Crippen LogP contribution in [-0.4, -0.2) is 7.05 Å². The fourth-order valence-corrected chi connectivity index (χ4v) is 1.29. The maximum atomic E-state index is 5.86. The molecule has 0 aromatic heterocycles. The first-order valence-electron chi connectivity index (χ1n) is 5.88. The van der Waals surface area contributed by atoms with Gasteiger partial charge in [0.15, 0.2) is 0 Å². The zero-order valence-electron chi connectivity index (χ0n) is 11.8. The zero-order valence-corrected chi connectivity index (χ0v) is 11.8. The summed E-state index contributed by atoms with van der Waals surface area (Å²) >= 11 is 0. The zero-order chi connectivity index (χ0) is 13.3. The molecule has 0 aliphatic heterocycles. The summed E-state index contributed by atoms with van der Waals surface area (Å²) in [5.74, 6) is 5.64. The summed E-state index contributed by atoms with van der Waals surface area (Å²) < 4.78 is 0. The molecule has 3 heteroatoms. The van der Waals surface area contributed by atoms with Crippen LogP contribution in [-0.2, 0) is 0 Å². The molecule has 0 radical (unpaired) electrons. The van der Waals surface area contributed by atoms with Gasteiger partial charge < -0.3 is 10.7 Å². The third-order valence-electron chi connectivity index (χ3n) is 1.99. The molecule has 0 atom stereocenters. The molecule has 16 heavy (non-hydrogen) atoms. The Hall–Kier alpha value is -1.22. The van der Waals surface area contributed by atoms with E-state index in [1.165, 1.54) is 0 Å². The molecule has 94 valence electrons. The molecule has 0 aliphatic rings. The van der Waals surface area contributed by atoms with E-state index in [-0.39, 0.29) is 0 Å². The second-order valence-corrected chi connectivity index (χ2v) is 3.07. The topological polar surface area (TPSA) is 55.3 Å². The first-order valence-corrected chi connectivity index (χ1v) is 5.88. The Balaban J connectivity index is 0. The van der Waals surface area contributed by atoms with Gasteiger partial charge in [-0.25, -0.2) is 5.84 Å². The van der Waals surface area contributed by atoms with Gasteiger partial charge >= 0.3 is 0 Å². The van der Waals surface area contributed by atoms with Crippen LogP contribution in [0.4, 0.5) is 11.4 Å². The highest BCUT2D eigenvalue weighted by Gasteiger charge is 2.06.